The van der Waals surface area contributed by atoms with Crippen LogP contribution in [0.15, 0.2) is 0 Å². The summed E-state index contributed by atoms with van der Waals surface area (Å²) in [5.74, 6) is -1.63. The molecular formula is C10H18O3S. The van der Waals surface area contributed by atoms with Crippen molar-refractivity contribution in [1.29, 1.82) is 0 Å². The van der Waals surface area contributed by atoms with E-state index in [0.717, 1.165) is 0 Å². The second kappa shape index (κ2) is 4.82. The summed E-state index contributed by atoms with van der Waals surface area (Å²) in [6.07, 6.45) is 0.467. The van der Waals surface area contributed by atoms with Gasteiger partial charge in [-0.15, -0.1) is 0 Å². The molecule has 0 aromatic carbocycles. The van der Waals surface area contributed by atoms with Crippen LogP contribution in [0.25, 0.3) is 0 Å². The molecule has 0 aromatic rings. The highest BCUT2D eigenvalue weighted by molar-refractivity contribution is 7.82. The topological polar surface area (TPSA) is 54.4 Å². The number of carboxylic acid groups (broad SMARTS) is 1. The summed E-state index contributed by atoms with van der Waals surface area (Å²) in [4.78, 5) is 22.2. The van der Waals surface area contributed by atoms with E-state index < -0.39 is 16.6 Å². The Morgan fingerprint density at radius 1 is 1.43 bits per heavy atom. The third-order valence-electron chi connectivity index (χ3n) is 2.40. The van der Waals surface area contributed by atoms with Crippen molar-refractivity contribution >= 4 is 24.4 Å². The first kappa shape index (κ1) is 13.5. The number of carboxylic acids is 1. The van der Waals surface area contributed by atoms with E-state index in [1.54, 1.807) is 6.92 Å². The zero-order chi connectivity index (χ0) is 11.5. The van der Waals surface area contributed by atoms with Gasteiger partial charge in [0.25, 0.3) is 0 Å². The molecule has 0 amide bonds. The van der Waals surface area contributed by atoms with Crippen LogP contribution in [0.1, 0.15) is 34.1 Å². The lowest BCUT2D eigenvalue weighted by Gasteiger charge is -2.28. The summed E-state index contributed by atoms with van der Waals surface area (Å²) in [6, 6.07) is 0. The molecule has 2 atom stereocenters. The van der Waals surface area contributed by atoms with Gasteiger partial charge in [-0.1, -0.05) is 13.8 Å². The van der Waals surface area contributed by atoms with Gasteiger partial charge in [0.1, 0.15) is 5.78 Å². The molecule has 0 aliphatic rings. The van der Waals surface area contributed by atoms with E-state index in [0.29, 0.717) is 6.42 Å². The molecule has 0 saturated carbocycles. The second-order valence-corrected chi connectivity index (χ2v) is 5.15. The number of aliphatic carboxylic acids is 1. The molecule has 2 unspecified atom stereocenters. The molecule has 4 heteroatoms. The summed E-state index contributed by atoms with van der Waals surface area (Å²) in [7, 11) is 0. The van der Waals surface area contributed by atoms with E-state index in [1.807, 2.05) is 13.8 Å². The highest BCUT2D eigenvalue weighted by Crippen LogP contribution is 2.31. The summed E-state index contributed by atoms with van der Waals surface area (Å²) in [5.41, 5.74) is 0. The van der Waals surface area contributed by atoms with Gasteiger partial charge in [0.2, 0.25) is 0 Å². The van der Waals surface area contributed by atoms with Gasteiger partial charge in [-0.2, -0.15) is 12.6 Å². The van der Waals surface area contributed by atoms with Crippen LogP contribution in [-0.2, 0) is 9.59 Å². The standard InChI is InChI=1S/C10H18O3S/c1-6(2)5-8(9(12)13)10(4,14)7(3)11/h6,8,14H,5H2,1-4H3,(H,12,13). The number of hydrogen-bond donors (Lipinski definition) is 2. The maximum Gasteiger partial charge on any atom is 0.308 e. The molecule has 3 nitrogen and oxygen atoms in total. The average Bonchev–Trinajstić information content (AvgIpc) is 1.98. The highest BCUT2D eigenvalue weighted by Gasteiger charge is 2.40. The maximum atomic E-state index is 11.3. The summed E-state index contributed by atoms with van der Waals surface area (Å²) < 4.78 is -1.07. The molecule has 0 saturated heterocycles. The lowest BCUT2D eigenvalue weighted by molar-refractivity contribution is -0.145. The minimum absolute atomic E-state index is 0.200. The Bertz CT molecular complexity index is 234. The van der Waals surface area contributed by atoms with Gasteiger partial charge in [-0.25, -0.2) is 0 Å². The van der Waals surface area contributed by atoms with Crippen LogP contribution in [0.2, 0.25) is 0 Å². The molecule has 82 valence electrons. The van der Waals surface area contributed by atoms with Gasteiger partial charge >= 0.3 is 5.97 Å². The molecule has 0 aliphatic carbocycles. The van der Waals surface area contributed by atoms with Crippen LogP contribution in [-0.4, -0.2) is 21.6 Å². The highest BCUT2D eigenvalue weighted by atomic mass is 32.1. The largest absolute Gasteiger partial charge is 0.481 e. The Balaban J connectivity index is 4.82. The van der Waals surface area contributed by atoms with Crippen molar-refractivity contribution < 1.29 is 14.7 Å². The maximum absolute atomic E-state index is 11.3. The molecule has 0 fully saturated rings. The zero-order valence-electron chi connectivity index (χ0n) is 9.07. The van der Waals surface area contributed by atoms with E-state index in [4.69, 9.17) is 5.11 Å². The first-order valence-corrected chi connectivity index (χ1v) is 5.10. The molecule has 0 radical (unpaired) electrons. The van der Waals surface area contributed by atoms with Crippen molar-refractivity contribution in [3.05, 3.63) is 0 Å². The fourth-order valence-electron chi connectivity index (χ4n) is 1.29. The van der Waals surface area contributed by atoms with Gasteiger partial charge in [0.05, 0.1) is 10.7 Å². The number of thiol groups is 1. The van der Waals surface area contributed by atoms with Crippen LogP contribution < -0.4 is 0 Å². The van der Waals surface area contributed by atoms with Crippen molar-refractivity contribution in [3.63, 3.8) is 0 Å². The number of carbonyl (C=O) groups excluding carboxylic acids is 1. The lowest BCUT2D eigenvalue weighted by Crippen LogP contribution is -2.41. The van der Waals surface area contributed by atoms with Gasteiger partial charge in [-0.3, -0.25) is 9.59 Å². The van der Waals surface area contributed by atoms with Gasteiger partial charge < -0.3 is 5.11 Å². The van der Waals surface area contributed by atoms with Crippen molar-refractivity contribution in [3.8, 4) is 0 Å². The van der Waals surface area contributed by atoms with Crippen molar-refractivity contribution in [2.24, 2.45) is 11.8 Å². The van der Waals surface area contributed by atoms with Crippen molar-refractivity contribution in [2.75, 3.05) is 0 Å². The molecule has 1 N–H and O–H groups in total. The van der Waals surface area contributed by atoms with Crippen molar-refractivity contribution in [2.45, 2.75) is 38.9 Å². The Morgan fingerprint density at radius 3 is 2.07 bits per heavy atom. The van der Waals surface area contributed by atoms with Crippen LogP contribution in [0.4, 0.5) is 0 Å². The van der Waals surface area contributed by atoms with E-state index >= 15 is 0 Å². The third-order valence-corrected chi connectivity index (χ3v) is 3.02. The zero-order valence-corrected chi connectivity index (χ0v) is 9.97. The number of ketones is 1. The van der Waals surface area contributed by atoms with E-state index in [-0.39, 0.29) is 11.7 Å². The van der Waals surface area contributed by atoms with Crippen LogP contribution in [0.5, 0.6) is 0 Å². The summed E-state index contributed by atoms with van der Waals surface area (Å²) in [5, 5.41) is 9.01. The predicted molar refractivity (Wildman–Crippen MR) is 58.7 cm³/mol. The summed E-state index contributed by atoms with van der Waals surface area (Å²) >= 11 is 4.16. The van der Waals surface area contributed by atoms with Crippen LogP contribution in [0.3, 0.4) is 0 Å². The molecular weight excluding hydrogens is 200 g/mol. The molecule has 0 heterocycles. The minimum Gasteiger partial charge on any atom is -0.481 e. The Hall–Kier alpha value is -0.510. The van der Waals surface area contributed by atoms with Gasteiger partial charge in [0.15, 0.2) is 0 Å². The van der Waals surface area contributed by atoms with E-state index in [1.165, 1.54) is 6.92 Å². The molecule has 0 aliphatic heterocycles. The average molecular weight is 218 g/mol. The lowest BCUT2D eigenvalue weighted by atomic mass is 9.83. The van der Waals surface area contributed by atoms with E-state index in [2.05, 4.69) is 12.6 Å². The second-order valence-electron chi connectivity index (χ2n) is 4.22. The first-order valence-electron chi connectivity index (χ1n) is 4.65. The fraction of sp³-hybridized carbons (Fsp3) is 0.800. The monoisotopic (exact) mass is 218 g/mol. The summed E-state index contributed by atoms with van der Waals surface area (Å²) in [6.45, 7) is 6.81. The van der Waals surface area contributed by atoms with Crippen LogP contribution in [0, 0.1) is 11.8 Å². The quantitative estimate of drug-likeness (QED) is 0.694. The first-order chi connectivity index (χ1) is 6.19. The van der Waals surface area contributed by atoms with Crippen LogP contribution >= 0.6 is 12.6 Å². The van der Waals surface area contributed by atoms with Gasteiger partial charge in [-0.05, 0) is 26.2 Å². The normalized spacial score (nSPS) is 17.6. The van der Waals surface area contributed by atoms with Gasteiger partial charge in [0, 0.05) is 0 Å². The molecule has 0 bridgehead atoms. The smallest absolute Gasteiger partial charge is 0.308 e. The molecule has 0 spiro atoms. The fourth-order valence-corrected chi connectivity index (χ4v) is 1.50. The molecule has 0 rings (SSSR count). The third kappa shape index (κ3) is 3.33. The van der Waals surface area contributed by atoms with Crippen molar-refractivity contribution in [1.82, 2.24) is 0 Å². The number of carbonyl (C=O) groups is 2. The Morgan fingerprint density at radius 2 is 1.86 bits per heavy atom. The number of Topliss-reactive ketones (excluding diaryl/α,β-unsaturated/α-hetero) is 1. The van der Waals surface area contributed by atoms with E-state index in [9.17, 15) is 9.59 Å². The number of rotatable bonds is 5. The molecule has 14 heavy (non-hydrogen) atoms. The molecule has 0 aromatic heterocycles. The minimum atomic E-state index is -1.07. The SMILES string of the molecule is CC(=O)C(C)(S)C(CC(C)C)C(=O)O. The Kier molecular flexibility index (Phi) is 4.65. The number of hydrogen-bond acceptors (Lipinski definition) is 3. The Labute approximate surface area is 90.3 Å². The predicted octanol–water partition coefficient (Wildman–Crippen LogP) is 2.01.